The summed E-state index contributed by atoms with van der Waals surface area (Å²) < 4.78 is 12.5. The minimum Gasteiger partial charge on any atom is -0.467 e. The molecule has 1 amide bonds. The molecule has 1 aromatic carbocycles. The van der Waals surface area contributed by atoms with Gasteiger partial charge in [0.1, 0.15) is 11.8 Å². The number of benzene rings is 1. The maximum Gasteiger partial charge on any atom is 0.340 e. The van der Waals surface area contributed by atoms with Gasteiger partial charge in [0.25, 0.3) is 5.91 Å². The number of rotatable bonds is 5. The zero-order valence-corrected chi connectivity index (χ0v) is 19.2. The van der Waals surface area contributed by atoms with Gasteiger partial charge in [0.15, 0.2) is 12.3 Å². The van der Waals surface area contributed by atoms with Crippen molar-refractivity contribution in [3.8, 4) is 0 Å². The molecule has 0 aliphatic carbocycles. The van der Waals surface area contributed by atoms with Crippen LogP contribution in [0.4, 0.5) is 0 Å². The first kappa shape index (κ1) is 21.8. The van der Waals surface area contributed by atoms with Crippen molar-refractivity contribution in [1.82, 2.24) is 19.8 Å². The fourth-order valence-electron chi connectivity index (χ4n) is 3.96. The quantitative estimate of drug-likeness (QED) is 0.402. The highest BCUT2D eigenvalue weighted by atomic mass is 35.5. The second-order valence-electron chi connectivity index (χ2n) is 7.91. The van der Waals surface area contributed by atoms with Crippen LogP contribution < -0.4 is 0 Å². The Kier molecular flexibility index (Phi) is 5.62. The van der Waals surface area contributed by atoms with E-state index in [4.69, 9.17) is 20.8 Å². The Bertz CT molecular complexity index is 1410. The fraction of sp³-hybridized carbons (Fsp3) is 0.208. The molecule has 1 aliphatic heterocycles. The van der Waals surface area contributed by atoms with E-state index in [2.05, 4.69) is 15.2 Å². The van der Waals surface area contributed by atoms with Gasteiger partial charge in [-0.15, -0.1) is 0 Å². The van der Waals surface area contributed by atoms with Crippen LogP contribution in [-0.4, -0.2) is 44.0 Å². The first-order chi connectivity index (χ1) is 16.4. The highest BCUT2D eigenvalue weighted by Crippen LogP contribution is 2.33. The summed E-state index contributed by atoms with van der Waals surface area (Å²) in [7, 11) is 1.78. The van der Waals surface area contributed by atoms with Crippen LogP contribution in [-0.2, 0) is 16.6 Å². The molecule has 1 atom stereocenters. The van der Waals surface area contributed by atoms with Crippen molar-refractivity contribution >= 4 is 40.2 Å². The van der Waals surface area contributed by atoms with Crippen LogP contribution in [0.2, 0.25) is 5.02 Å². The summed E-state index contributed by atoms with van der Waals surface area (Å²) in [6, 6.07) is 12.0. The van der Waals surface area contributed by atoms with Crippen LogP contribution in [0.15, 0.2) is 64.4 Å². The van der Waals surface area contributed by atoms with E-state index in [1.54, 1.807) is 48.3 Å². The van der Waals surface area contributed by atoms with Crippen molar-refractivity contribution in [2.45, 2.75) is 19.4 Å². The summed E-state index contributed by atoms with van der Waals surface area (Å²) in [5.74, 6) is -0.527. The number of furan rings is 1. The first-order valence-corrected chi connectivity index (χ1v) is 10.9. The van der Waals surface area contributed by atoms with Crippen molar-refractivity contribution < 1.29 is 18.7 Å². The average Bonchev–Trinajstić information content (AvgIpc) is 3.57. The van der Waals surface area contributed by atoms with E-state index in [1.807, 2.05) is 19.1 Å². The van der Waals surface area contributed by atoms with Crippen molar-refractivity contribution in [2.24, 2.45) is 12.1 Å². The molecule has 0 spiro atoms. The molecular weight excluding hydrogens is 458 g/mol. The van der Waals surface area contributed by atoms with E-state index >= 15 is 0 Å². The Morgan fingerprint density at radius 1 is 1.24 bits per heavy atom. The number of hydrogen-bond acceptors (Lipinski definition) is 7. The number of hydrazone groups is 1. The monoisotopic (exact) mass is 477 g/mol. The fourth-order valence-corrected chi connectivity index (χ4v) is 4.08. The van der Waals surface area contributed by atoms with Gasteiger partial charge in [-0.3, -0.25) is 9.48 Å². The molecule has 1 unspecified atom stereocenters. The number of carbonyl (C=O) groups is 2. The third kappa shape index (κ3) is 4.06. The smallest absolute Gasteiger partial charge is 0.340 e. The normalized spacial score (nSPS) is 15.6. The van der Waals surface area contributed by atoms with Crippen molar-refractivity contribution in [3.05, 3.63) is 82.5 Å². The van der Waals surface area contributed by atoms with Gasteiger partial charge in [-0.2, -0.15) is 10.2 Å². The largest absolute Gasteiger partial charge is 0.467 e. The molecule has 0 N–H and O–H groups in total. The van der Waals surface area contributed by atoms with Crippen molar-refractivity contribution in [2.75, 3.05) is 6.61 Å². The molecule has 5 rings (SSSR count). The standard InChI is InChI=1S/C24H20ClN5O4/c1-14-18-10-16(12-26-23(18)29(2)27-14)24(32)34-13-22(31)30-20(21-4-3-9-33-21)11-19(28-30)15-5-7-17(25)8-6-15/h3-10,12,20H,11,13H2,1-2H3. The molecule has 4 heterocycles. The number of ether oxygens (including phenoxy) is 1. The van der Waals surface area contributed by atoms with E-state index in [0.29, 0.717) is 28.6 Å². The van der Waals surface area contributed by atoms with Crippen LogP contribution in [0.25, 0.3) is 11.0 Å². The number of nitrogens with zero attached hydrogens (tertiary/aromatic N) is 5. The molecule has 0 radical (unpaired) electrons. The molecule has 0 saturated carbocycles. The second-order valence-corrected chi connectivity index (χ2v) is 8.34. The van der Waals surface area contributed by atoms with Gasteiger partial charge < -0.3 is 9.15 Å². The second kappa shape index (κ2) is 8.75. The Labute approximate surface area is 199 Å². The molecule has 172 valence electrons. The Morgan fingerprint density at radius 2 is 2.03 bits per heavy atom. The van der Waals surface area contributed by atoms with Crippen LogP contribution >= 0.6 is 11.6 Å². The van der Waals surface area contributed by atoms with E-state index in [0.717, 1.165) is 16.6 Å². The molecule has 0 bridgehead atoms. The van der Waals surface area contributed by atoms with Crippen LogP contribution in [0.3, 0.4) is 0 Å². The zero-order valence-electron chi connectivity index (χ0n) is 18.4. The molecule has 4 aromatic rings. The van der Waals surface area contributed by atoms with Gasteiger partial charge in [-0.1, -0.05) is 23.7 Å². The van der Waals surface area contributed by atoms with Gasteiger partial charge in [0.05, 0.1) is 23.2 Å². The number of aromatic nitrogens is 3. The summed E-state index contributed by atoms with van der Waals surface area (Å²) in [5.41, 5.74) is 3.20. The third-order valence-corrected chi connectivity index (χ3v) is 5.89. The molecule has 10 heteroatoms. The first-order valence-electron chi connectivity index (χ1n) is 10.6. The number of esters is 1. The SMILES string of the molecule is Cc1nn(C)c2ncc(C(=O)OCC(=O)N3N=C(c4ccc(Cl)cc4)CC3c3ccco3)cc12. The topological polar surface area (TPSA) is 103 Å². The Hall–Kier alpha value is -3.98. The zero-order chi connectivity index (χ0) is 23.8. The number of carbonyl (C=O) groups excluding carboxylic acids is 2. The van der Waals surface area contributed by atoms with Gasteiger partial charge in [-0.05, 0) is 42.8 Å². The highest BCUT2D eigenvalue weighted by Gasteiger charge is 2.35. The van der Waals surface area contributed by atoms with E-state index in [1.165, 1.54) is 11.2 Å². The minimum atomic E-state index is -0.651. The number of amides is 1. The third-order valence-electron chi connectivity index (χ3n) is 5.64. The molecular formula is C24H20ClN5O4. The summed E-state index contributed by atoms with van der Waals surface area (Å²) in [5, 5.41) is 11.5. The lowest BCUT2D eigenvalue weighted by Crippen LogP contribution is -2.31. The lowest BCUT2D eigenvalue weighted by atomic mass is 10.0. The molecule has 34 heavy (non-hydrogen) atoms. The van der Waals surface area contributed by atoms with Crippen LogP contribution in [0.5, 0.6) is 0 Å². The number of halogens is 1. The van der Waals surface area contributed by atoms with E-state index in [-0.39, 0.29) is 5.56 Å². The summed E-state index contributed by atoms with van der Waals surface area (Å²) in [6.07, 6.45) is 3.41. The van der Waals surface area contributed by atoms with Crippen LogP contribution in [0, 0.1) is 6.92 Å². The average molecular weight is 478 g/mol. The van der Waals surface area contributed by atoms with Crippen LogP contribution in [0.1, 0.15) is 39.8 Å². The van der Waals surface area contributed by atoms with E-state index < -0.39 is 24.5 Å². The van der Waals surface area contributed by atoms with E-state index in [9.17, 15) is 9.59 Å². The molecule has 0 saturated heterocycles. The maximum absolute atomic E-state index is 13.0. The Balaban J connectivity index is 1.34. The minimum absolute atomic E-state index is 0.241. The molecule has 1 aliphatic rings. The molecule has 3 aromatic heterocycles. The van der Waals surface area contributed by atoms with Crippen molar-refractivity contribution in [3.63, 3.8) is 0 Å². The summed E-state index contributed by atoms with van der Waals surface area (Å²) in [4.78, 5) is 29.9. The summed E-state index contributed by atoms with van der Waals surface area (Å²) >= 11 is 5.99. The molecule has 9 nitrogen and oxygen atoms in total. The number of aryl methyl sites for hydroxylation is 2. The van der Waals surface area contributed by atoms with Gasteiger partial charge in [-0.25, -0.2) is 14.8 Å². The maximum atomic E-state index is 13.0. The highest BCUT2D eigenvalue weighted by molar-refractivity contribution is 6.30. The van der Waals surface area contributed by atoms with Gasteiger partial charge in [0, 0.05) is 30.1 Å². The predicted octanol–water partition coefficient (Wildman–Crippen LogP) is 4.06. The lowest BCUT2D eigenvalue weighted by molar-refractivity contribution is -0.136. The van der Waals surface area contributed by atoms with Gasteiger partial charge in [0.2, 0.25) is 0 Å². The van der Waals surface area contributed by atoms with Gasteiger partial charge >= 0.3 is 5.97 Å². The number of hydrogen-bond donors (Lipinski definition) is 0. The Morgan fingerprint density at radius 3 is 2.76 bits per heavy atom. The lowest BCUT2D eigenvalue weighted by Gasteiger charge is -2.19. The number of pyridine rings is 1. The van der Waals surface area contributed by atoms with Crippen molar-refractivity contribution in [1.29, 1.82) is 0 Å². The number of fused-ring (bicyclic) bond motifs is 1. The predicted molar refractivity (Wildman–Crippen MR) is 124 cm³/mol. The summed E-state index contributed by atoms with van der Waals surface area (Å²) in [6.45, 7) is 1.36. The molecule has 0 fully saturated rings.